The molecule has 1 heterocycles. The molecule has 3 unspecified atom stereocenters. The minimum atomic E-state index is -3.35. The monoisotopic (exact) mass is 351 g/mol. The smallest absolute Gasteiger partial charge is 0.207 e. The van der Waals surface area contributed by atoms with Crippen molar-refractivity contribution in [3.05, 3.63) is 15.9 Å². The van der Waals surface area contributed by atoms with Crippen molar-refractivity contribution in [3.8, 4) is 0 Å². The zero-order valence-corrected chi connectivity index (χ0v) is 13.7. The standard InChI is InChI=1S/C12H18BrNO2S2/c1-8-3-4-10(9(2)7-8)14-18(15,16)12-6-5-11(13)17-12/h5-6,8-10,14H,3-4,7H2,1-2H3. The highest BCUT2D eigenvalue weighted by molar-refractivity contribution is 9.11. The van der Waals surface area contributed by atoms with Gasteiger partial charge in [-0.15, -0.1) is 11.3 Å². The van der Waals surface area contributed by atoms with Crippen molar-refractivity contribution in [2.75, 3.05) is 0 Å². The van der Waals surface area contributed by atoms with E-state index < -0.39 is 10.0 Å². The van der Waals surface area contributed by atoms with Gasteiger partial charge in [-0.2, -0.15) is 0 Å². The number of nitrogens with one attached hydrogen (secondary N) is 1. The predicted octanol–water partition coefficient (Wildman–Crippen LogP) is 3.61. The van der Waals surface area contributed by atoms with Gasteiger partial charge in [-0.05, 0) is 59.2 Å². The molecular formula is C12H18BrNO2S2. The maximum atomic E-state index is 12.2. The summed E-state index contributed by atoms with van der Waals surface area (Å²) in [6.45, 7) is 4.37. The summed E-state index contributed by atoms with van der Waals surface area (Å²) in [4.78, 5) is 0. The molecule has 1 N–H and O–H groups in total. The van der Waals surface area contributed by atoms with Crippen molar-refractivity contribution < 1.29 is 8.42 Å². The third kappa shape index (κ3) is 3.35. The molecule has 0 saturated heterocycles. The van der Waals surface area contributed by atoms with Gasteiger partial charge in [0.25, 0.3) is 0 Å². The minimum Gasteiger partial charge on any atom is -0.207 e. The van der Waals surface area contributed by atoms with Crippen molar-refractivity contribution in [1.82, 2.24) is 4.72 Å². The topological polar surface area (TPSA) is 46.2 Å². The zero-order chi connectivity index (χ0) is 13.3. The highest BCUT2D eigenvalue weighted by Crippen LogP contribution is 2.31. The van der Waals surface area contributed by atoms with Crippen molar-refractivity contribution >= 4 is 37.3 Å². The number of sulfonamides is 1. The van der Waals surface area contributed by atoms with Crippen LogP contribution in [0, 0.1) is 11.8 Å². The number of thiophene rings is 1. The van der Waals surface area contributed by atoms with Gasteiger partial charge in [0.05, 0.1) is 3.79 Å². The van der Waals surface area contributed by atoms with E-state index in [1.807, 2.05) is 0 Å². The molecule has 2 rings (SSSR count). The summed E-state index contributed by atoms with van der Waals surface area (Å²) in [5, 5.41) is 0. The third-order valence-corrected chi connectivity index (χ3v) is 7.16. The lowest BCUT2D eigenvalue weighted by Gasteiger charge is -2.32. The van der Waals surface area contributed by atoms with E-state index in [0.717, 1.165) is 23.0 Å². The molecule has 6 heteroatoms. The quantitative estimate of drug-likeness (QED) is 0.903. The summed E-state index contributed by atoms with van der Waals surface area (Å²) in [7, 11) is -3.35. The van der Waals surface area contributed by atoms with Crippen LogP contribution in [-0.2, 0) is 10.0 Å². The predicted molar refractivity (Wildman–Crippen MR) is 78.3 cm³/mol. The Morgan fingerprint density at radius 1 is 1.33 bits per heavy atom. The van der Waals surface area contributed by atoms with Gasteiger partial charge in [0, 0.05) is 6.04 Å². The first kappa shape index (κ1) is 14.5. The minimum absolute atomic E-state index is 0.0760. The van der Waals surface area contributed by atoms with Crippen LogP contribution in [0.4, 0.5) is 0 Å². The van der Waals surface area contributed by atoms with Gasteiger partial charge < -0.3 is 0 Å². The Balaban J connectivity index is 2.09. The lowest BCUT2D eigenvalue weighted by molar-refractivity contribution is 0.249. The Kier molecular flexibility index (Phi) is 4.52. The van der Waals surface area contributed by atoms with E-state index >= 15 is 0 Å². The van der Waals surface area contributed by atoms with Gasteiger partial charge in [-0.25, -0.2) is 13.1 Å². The Hall–Kier alpha value is 0.0900. The number of hydrogen-bond acceptors (Lipinski definition) is 3. The Morgan fingerprint density at radius 2 is 2.06 bits per heavy atom. The average molecular weight is 352 g/mol. The molecule has 0 amide bonds. The first-order chi connectivity index (χ1) is 8.38. The normalized spacial score (nSPS) is 29.4. The molecule has 18 heavy (non-hydrogen) atoms. The van der Waals surface area contributed by atoms with Crippen LogP contribution >= 0.6 is 27.3 Å². The van der Waals surface area contributed by atoms with Gasteiger partial charge in [0.1, 0.15) is 4.21 Å². The van der Waals surface area contributed by atoms with E-state index in [-0.39, 0.29) is 6.04 Å². The molecule has 1 aromatic rings. The van der Waals surface area contributed by atoms with E-state index in [1.165, 1.54) is 11.3 Å². The number of rotatable bonds is 3. The first-order valence-corrected chi connectivity index (χ1v) is 9.25. The van der Waals surface area contributed by atoms with Gasteiger partial charge in [0.2, 0.25) is 10.0 Å². The van der Waals surface area contributed by atoms with Crippen LogP contribution in [-0.4, -0.2) is 14.5 Å². The Morgan fingerprint density at radius 3 is 2.61 bits per heavy atom. The molecule has 1 saturated carbocycles. The largest absolute Gasteiger partial charge is 0.250 e. The molecule has 0 aromatic carbocycles. The molecule has 102 valence electrons. The fraction of sp³-hybridized carbons (Fsp3) is 0.667. The number of halogens is 1. The van der Waals surface area contributed by atoms with Crippen LogP contribution in [0.3, 0.4) is 0 Å². The third-order valence-electron chi connectivity index (χ3n) is 3.55. The van der Waals surface area contributed by atoms with Crippen molar-refractivity contribution in [1.29, 1.82) is 0 Å². The van der Waals surface area contributed by atoms with Crippen LogP contribution in [0.2, 0.25) is 0 Å². The summed E-state index contributed by atoms with van der Waals surface area (Å²) in [5.41, 5.74) is 0. The molecule has 1 aromatic heterocycles. The summed E-state index contributed by atoms with van der Waals surface area (Å²) in [5.74, 6) is 1.11. The number of hydrogen-bond donors (Lipinski definition) is 1. The van der Waals surface area contributed by atoms with Gasteiger partial charge >= 0.3 is 0 Å². The highest BCUT2D eigenvalue weighted by Gasteiger charge is 2.29. The summed E-state index contributed by atoms with van der Waals surface area (Å²) < 4.78 is 28.5. The molecule has 1 aliphatic carbocycles. The second-order valence-electron chi connectivity index (χ2n) is 5.18. The van der Waals surface area contributed by atoms with E-state index in [1.54, 1.807) is 12.1 Å². The lowest BCUT2D eigenvalue weighted by atomic mass is 9.80. The van der Waals surface area contributed by atoms with E-state index in [9.17, 15) is 8.42 Å². The Labute approximate surface area is 121 Å². The van der Waals surface area contributed by atoms with Gasteiger partial charge in [0.15, 0.2) is 0 Å². The molecule has 1 fully saturated rings. The molecule has 0 radical (unpaired) electrons. The Bertz CT molecular complexity index is 512. The van der Waals surface area contributed by atoms with Crippen molar-refractivity contribution in [2.45, 2.75) is 43.4 Å². The van der Waals surface area contributed by atoms with Crippen LogP contribution in [0.5, 0.6) is 0 Å². The van der Waals surface area contributed by atoms with E-state index in [2.05, 4.69) is 34.5 Å². The van der Waals surface area contributed by atoms with Crippen molar-refractivity contribution in [2.24, 2.45) is 11.8 Å². The summed E-state index contributed by atoms with van der Waals surface area (Å²) in [6, 6.07) is 3.49. The fourth-order valence-corrected chi connectivity index (χ4v) is 5.95. The zero-order valence-electron chi connectivity index (χ0n) is 10.5. The van der Waals surface area contributed by atoms with E-state index in [0.29, 0.717) is 16.0 Å². The molecule has 3 nitrogen and oxygen atoms in total. The average Bonchev–Trinajstić information content (AvgIpc) is 2.70. The summed E-state index contributed by atoms with van der Waals surface area (Å²) in [6.07, 6.45) is 3.14. The molecule has 0 aliphatic heterocycles. The van der Waals surface area contributed by atoms with Crippen molar-refractivity contribution in [3.63, 3.8) is 0 Å². The highest BCUT2D eigenvalue weighted by atomic mass is 79.9. The van der Waals surface area contributed by atoms with Crippen LogP contribution in [0.1, 0.15) is 33.1 Å². The maximum Gasteiger partial charge on any atom is 0.250 e. The second-order valence-corrected chi connectivity index (χ2v) is 9.59. The molecule has 0 spiro atoms. The van der Waals surface area contributed by atoms with Crippen LogP contribution in [0.25, 0.3) is 0 Å². The van der Waals surface area contributed by atoms with Gasteiger partial charge in [-0.1, -0.05) is 13.8 Å². The summed E-state index contributed by atoms with van der Waals surface area (Å²) >= 11 is 4.55. The maximum absolute atomic E-state index is 12.2. The molecule has 3 atom stereocenters. The van der Waals surface area contributed by atoms with Crippen LogP contribution in [0.15, 0.2) is 20.1 Å². The molecular weight excluding hydrogens is 334 g/mol. The molecule has 1 aliphatic rings. The SMILES string of the molecule is CC1CCC(NS(=O)(=O)c2ccc(Br)s2)C(C)C1. The van der Waals surface area contributed by atoms with Crippen LogP contribution < -0.4 is 4.72 Å². The lowest BCUT2D eigenvalue weighted by Crippen LogP contribution is -2.42. The first-order valence-electron chi connectivity index (χ1n) is 6.16. The fourth-order valence-electron chi connectivity index (χ4n) is 2.54. The van der Waals surface area contributed by atoms with E-state index in [4.69, 9.17) is 0 Å². The van der Waals surface area contributed by atoms with Gasteiger partial charge in [-0.3, -0.25) is 0 Å². The second kappa shape index (κ2) is 5.61. The molecule has 0 bridgehead atoms.